The third-order valence-corrected chi connectivity index (χ3v) is 4.39. The zero-order valence-corrected chi connectivity index (χ0v) is 13.0. The number of carbonyl (C=O) groups is 2. The number of carbonyl (C=O) groups excluding carboxylic acids is 1. The van der Waals surface area contributed by atoms with Crippen molar-refractivity contribution in [2.45, 2.75) is 44.8 Å². The van der Waals surface area contributed by atoms with Crippen molar-refractivity contribution in [1.82, 2.24) is 9.88 Å². The van der Waals surface area contributed by atoms with Gasteiger partial charge >= 0.3 is 5.97 Å². The topological polar surface area (TPSA) is 99.7 Å². The second-order valence-electron chi connectivity index (χ2n) is 6.21. The minimum Gasteiger partial charge on any atom is -0.479 e. The molecule has 124 valence electrons. The highest BCUT2D eigenvalue weighted by atomic mass is 16.5. The number of H-pyrrole nitrogens is 1. The molecule has 7 heteroatoms. The summed E-state index contributed by atoms with van der Waals surface area (Å²) >= 11 is 0. The Kier molecular flexibility index (Phi) is 4.21. The van der Waals surface area contributed by atoms with Crippen LogP contribution in [-0.4, -0.2) is 52.2 Å². The molecule has 0 saturated carbocycles. The fraction of sp³-hybridized carbons (Fsp3) is 0.562. The summed E-state index contributed by atoms with van der Waals surface area (Å²) in [5, 5.41) is 9.11. The first-order valence-electron chi connectivity index (χ1n) is 7.88. The van der Waals surface area contributed by atoms with E-state index in [4.69, 9.17) is 9.84 Å². The molecule has 3 rings (SSSR count). The van der Waals surface area contributed by atoms with Crippen molar-refractivity contribution in [3.05, 3.63) is 33.2 Å². The molecule has 1 aliphatic carbocycles. The number of hydrogen-bond acceptors (Lipinski definition) is 4. The molecular weight excluding hydrogens is 300 g/mol. The lowest BCUT2D eigenvalue weighted by Gasteiger charge is -2.34. The monoisotopic (exact) mass is 320 g/mol. The van der Waals surface area contributed by atoms with Crippen LogP contribution in [0.5, 0.6) is 0 Å². The van der Waals surface area contributed by atoms with Crippen molar-refractivity contribution in [2.75, 3.05) is 13.1 Å². The van der Waals surface area contributed by atoms with E-state index in [2.05, 4.69) is 4.98 Å². The Morgan fingerprint density at radius 2 is 2.04 bits per heavy atom. The van der Waals surface area contributed by atoms with Crippen LogP contribution in [0.3, 0.4) is 0 Å². The molecule has 1 amide bonds. The largest absolute Gasteiger partial charge is 0.479 e. The van der Waals surface area contributed by atoms with E-state index in [1.54, 1.807) is 13.0 Å². The van der Waals surface area contributed by atoms with Crippen LogP contribution in [0, 0.1) is 0 Å². The molecule has 7 nitrogen and oxygen atoms in total. The Bertz CT molecular complexity index is 696. The number of amides is 1. The smallest absolute Gasteiger partial charge is 0.334 e. The standard InChI is InChI=1S/C16H20N2O5/c1-9-7-18(8-13(23-9)16(21)22)15(20)11-6-10-4-2-3-5-12(10)17-14(11)19/h6,9,13H,2-5,7-8H2,1H3,(H,17,19)(H,21,22)/t9-,13?/m1/s1. The molecule has 2 N–H and O–H groups in total. The number of aliphatic carboxylic acids is 1. The SMILES string of the molecule is C[C@@H]1CN(C(=O)c2cc3c([nH]c2=O)CCCC3)CC(C(=O)O)O1. The molecule has 0 radical (unpaired) electrons. The van der Waals surface area contributed by atoms with E-state index in [1.165, 1.54) is 4.90 Å². The third kappa shape index (κ3) is 3.14. The quantitative estimate of drug-likeness (QED) is 0.830. The van der Waals surface area contributed by atoms with Crippen LogP contribution < -0.4 is 5.56 Å². The van der Waals surface area contributed by atoms with Gasteiger partial charge in [0.05, 0.1) is 12.6 Å². The molecule has 1 aromatic heterocycles. The van der Waals surface area contributed by atoms with Crippen LogP contribution in [-0.2, 0) is 22.4 Å². The number of ether oxygens (including phenoxy) is 1. The molecule has 0 bridgehead atoms. The Balaban J connectivity index is 1.88. The maximum atomic E-state index is 12.7. The highest BCUT2D eigenvalue weighted by molar-refractivity contribution is 5.94. The van der Waals surface area contributed by atoms with Crippen LogP contribution in [0.15, 0.2) is 10.9 Å². The average molecular weight is 320 g/mol. The molecule has 2 aliphatic rings. The third-order valence-electron chi connectivity index (χ3n) is 4.39. The van der Waals surface area contributed by atoms with Gasteiger partial charge in [0.15, 0.2) is 6.10 Å². The first kappa shape index (κ1) is 15.7. The molecule has 1 unspecified atom stereocenters. The molecule has 0 aromatic carbocycles. The number of carboxylic acid groups (broad SMARTS) is 1. The van der Waals surface area contributed by atoms with Gasteiger partial charge < -0.3 is 19.7 Å². The predicted molar refractivity (Wildman–Crippen MR) is 81.6 cm³/mol. The van der Waals surface area contributed by atoms with Gasteiger partial charge in [-0.15, -0.1) is 0 Å². The summed E-state index contributed by atoms with van der Waals surface area (Å²) in [6.07, 6.45) is 2.32. The summed E-state index contributed by atoms with van der Waals surface area (Å²) in [7, 11) is 0. The van der Waals surface area contributed by atoms with Gasteiger partial charge in [0.1, 0.15) is 5.56 Å². The number of aromatic nitrogens is 1. The molecule has 1 aromatic rings. The van der Waals surface area contributed by atoms with Crippen molar-refractivity contribution in [3.8, 4) is 0 Å². The molecule has 1 aliphatic heterocycles. The van der Waals surface area contributed by atoms with Gasteiger partial charge in [-0.3, -0.25) is 9.59 Å². The normalized spacial score (nSPS) is 24.1. The lowest BCUT2D eigenvalue weighted by molar-refractivity contribution is -0.160. The maximum Gasteiger partial charge on any atom is 0.334 e. The lowest BCUT2D eigenvalue weighted by Crippen LogP contribution is -2.52. The van der Waals surface area contributed by atoms with Gasteiger partial charge in [0, 0.05) is 12.2 Å². The summed E-state index contributed by atoms with van der Waals surface area (Å²) in [5.74, 6) is -1.53. The maximum absolute atomic E-state index is 12.7. The highest BCUT2D eigenvalue weighted by Gasteiger charge is 2.34. The number of morpholine rings is 1. The average Bonchev–Trinajstić information content (AvgIpc) is 2.53. The van der Waals surface area contributed by atoms with Crippen LogP contribution >= 0.6 is 0 Å². The molecule has 23 heavy (non-hydrogen) atoms. The van der Waals surface area contributed by atoms with E-state index < -0.39 is 23.5 Å². The van der Waals surface area contributed by atoms with Gasteiger partial charge in [-0.2, -0.15) is 0 Å². The molecular formula is C16H20N2O5. The van der Waals surface area contributed by atoms with E-state index in [9.17, 15) is 14.4 Å². The van der Waals surface area contributed by atoms with Gasteiger partial charge in [0.25, 0.3) is 11.5 Å². The molecule has 0 spiro atoms. The van der Waals surface area contributed by atoms with Crippen molar-refractivity contribution in [2.24, 2.45) is 0 Å². The van der Waals surface area contributed by atoms with Gasteiger partial charge in [0.2, 0.25) is 0 Å². The number of hydrogen-bond donors (Lipinski definition) is 2. The van der Waals surface area contributed by atoms with Crippen molar-refractivity contribution in [1.29, 1.82) is 0 Å². The molecule has 1 fully saturated rings. The van der Waals surface area contributed by atoms with Crippen LogP contribution in [0.4, 0.5) is 0 Å². The van der Waals surface area contributed by atoms with Gasteiger partial charge in [-0.25, -0.2) is 4.79 Å². The molecule has 2 atom stereocenters. The van der Waals surface area contributed by atoms with Crippen molar-refractivity contribution in [3.63, 3.8) is 0 Å². The predicted octanol–water partition coefficient (Wildman–Crippen LogP) is 0.568. The number of pyridine rings is 1. The van der Waals surface area contributed by atoms with Crippen LogP contribution in [0.2, 0.25) is 0 Å². The first-order chi connectivity index (χ1) is 11.0. The summed E-state index contributed by atoms with van der Waals surface area (Å²) in [4.78, 5) is 40.2. The minimum absolute atomic E-state index is 0.0466. The number of rotatable bonds is 2. The fourth-order valence-electron chi connectivity index (χ4n) is 3.26. The number of aryl methyl sites for hydroxylation is 2. The molecule has 1 saturated heterocycles. The summed E-state index contributed by atoms with van der Waals surface area (Å²) in [6, 6.07) is 1.67. The van der Waals surface area contributed by atoms with E-state index in [0.29, 0.717) is 0 Å². The Morgan fingerprint density at radius 3 is 2.78 bits per heavy atom. The van der Waals surface area contributed by atoms with E-state index in [1.807, 2.05) is 0 Å². The number of fused-ring (bicyclic) bond motifs is 1. The highest BCUT2D eigenvalue weighted by Crippen LogP contribution is 2.20. The minimum atomic E-state index is -1.10. The Morgan fingerprint density at radius 1 is 1.30 bits per heavy atom. The zero-order chi connectivity index (χ0) is 16.6. The summed E-state index contributed by atoms with van der Waals surface area (Å²) in [5.41, 5.74) is 1.61. The van der Waals surface area contributed by atoms with Crippen molar-refractivity contribution >= 4 is 11.9 Å². The number of carboxylic acids is 1. The van der Waals surface area contributed by atoms with Gasteiger partial charge in [-0.1, -0.05) is 0 Å². The van der Waals surface area contributed by atoms with E-state index in [-0.39, 0.29) is 24.8 Å². The second kappa shape index (κ2) is 6.16. The first-order valence-corrected chi connectivity index (χ1v) is 7.88. The Labute approximate surface area is 133 Å². The van der Waals surface area contributed by atoms with Gasteiger partial charge in [-0.05, 0) is 44.2 Å². The summed E-state index contributed by atoms with van der Waals surface area (Å²) in [6.45, 7) is 1.95. The number of nitrogens with one attached hydrogen (secondary N) is 1. The lowest BCUT2D eigenvalue weighted by atomic mass is 9.95. The zero-order valence-electron chi connectivity index (χ0n) is 13.0. The Hall–Kier alpha value is -2.15. The second-order valence-corrected chi connectivity index (χ2v) is 6.21. The summed E-state index contributed by atoms with van der Waals surface area (Å²) < 4.78 is 5.31. The van der Waals surface area contributed by atoms with Crippen LogP contribution in [0.1, 0.15) is 41.4 Å². The van der Waals surface area contributed by atoms with Crippen LogP contribution in [0.25, 0.3) is 0 Å². The van der Waals surface area contributed by atoms with E-state index >= 15 is 0 Å². The molecule has 2 heterocycles. The number of aromatic amines is 1. The van der Waals surface area contributed by atoms with Crippen molar-refractivity contribution < 1.29 is 19.4 Å². The van der Waals surface area contributed by atoms with E-state index in [0.717, 1.165) is 36.9 Å². The fourth-order valence-corrected chi connectivity index (χ4v) is 3.26. The number of nitrogens with zero attached hydrogens (tertiary/aromatic N) is 1.